The van der Waals surface area contributed by atoms with E-state index in [1.165, 1.54) is 32.4 Å². The van der Waals surface area contributed by atoms with Gasteiger partial charge in [0.1, 0.15) is 0 Å². The van der Waals surface area contributed by atoms with Crippen LogP contribution in [0.1, 0.15) is 19.3 Å². The molecule has 1 aliphatic heterocycles. The largest absolute Gasteiger partial charge is 0.300 e. The topological polar surface area (TPSA) is 23.1 Å². The molecule has 10 heavy (non-hydrogen) atoms. The van der Waals surface area contributed by atoms with Gasteiger partial charge in [0.15, 0.2) is 0 Å². The van der Waals surface area contributed by atoms with Crippen molar-refractivity contribution in [3.8, 4) is 0 Å². The van der Waals surface area contributed by atoms with E-state index in [1.807, 2.05) is 0 Å². The zero-order valence-corrected chi connectivity index (χ0v) is 6.31. The Morgan fingerprint density at radius 2 is 2.00 bits per heavy atom. The molecule has 1 saturated heterocycles. The van der Waals surface area contributed by atoms with Crippen molar-refractivity contribution in [1.82, 2.24) is 4.90 Å². The van der Waals surface area contributed by atoms with Gasteiger partial charge in [-0.3, -0.25) is 4.90 Å². The Labute approximate surface area is 61.8 Å². The van der Waals surface area contributed by atoms with Gasteiger partial charge in [0.05, 0.1) is 6.61 Å². The summed E-state index contributed by atoms with van der Waals surface area (Å²) in [5, 5.41) is 10.2. The van der Waals surface area contributed by atoms with Crippen LogP contribution in [0.2, 0.25) is 0 Å². The molecule has 0 amide bonds. The zero-order chi connectivity index (χ0) is 7.03. The Kier molecular flexibility index (Phi) is 1.46. The van der Waals surface area contributed by atoms with E-state index >= 15 is 0 Å². The minimum Gasteiger partial charge on any atom is -0.300 e. The van der Waals surface area contributed by atoms with E-state index in [0.29, 0.717) is 5.41 Å². The molecule has 2 rings (SSSR count). The first-order chi connectivity index (χ1) is 4.85. The van der Waals surface area contributed by atoms with Crippen molar-refractivity contribution in [2.24, 2.45) is 5.41 Å². The van der Waals surface area contributed by atoms with Crippen LogP contribution in [0.25, 0.3) is 0 Å². The highest BCUT2D eigenvalue weighted by Gasteiger charge is 2.46. The lowest BCUT2D eigenvalue weighted by Gasteiger charge is -2.56. The van der Waals surface area contributed by atoms with Crippen LogP contribution in [-0.2, 0) is 5.11 Å². The Bertz CT molecular complexity index is 123. The summed E-state index contributed by atoms with van der Waals surface area (Å²) in [6.07, 6.45) is 4.26. The monoisotopic (exact) mass is 140 g/mol. The maximum atomic E-state index is 10.2. The van der Waals surface area contributed by atoms with Gasteiger partial charge in [0.2, 0.25) is 0 Å². The van der Waals surface area contributed by atoms with Gasteiger partial charge in [-0.2, -0.15) is 0 Å². The van der Waals surface area contributed by atoms with E-state index in [-0.39, 0.29) is 6.61 Å². The highest BCUT2D eigenvalue weighted by atomic mass is 16.3. The van der Waals surface area contributed by atoms with Gasteiger partial charge in [0.25, 0.3) is 0 Å². The van der Waals surface area contributed by atoms with Crippen molar-refractivity contribution in [3.05, 3.63) is 0 Å². The van der Waals surface area contributed by atoms with E-state index in [2.05, 4.69) is 4.90 Å². The highest BCUT2D eigenvalue weighted by Crippen LogP contribution is 2.47. The third-order valence-corrected chi connectivity index (χ3v) is 2.94. The Hall–Kier alpha value is -0.0800. The first-order valence-corrected chi connectivity index (χ1v) is 4.15. The second-order valence-electron chi connectivity index (χ2n) is 3.77. The number of nitrogens with zero attached hydrogens (tertiary/aromatic N) is 1. The van der Waals surface area contributed by atoms with Crippen LogP contribution in [-0.4, -0.2) is 31.1 Å². The van der Waals surface area contributed by atoms with Crippen LogP contribution < -0.4 is 0 Å². The van der Waals surface area contributed by atoms with Gasteiger partial charge in [-0.25, -0.2) is 5.11 Å². The lowest BCUT2D eigenvalue weighted by atomic mass is 9.63. The number of hydrogen-bond acceptors (Lipinski definition) is 1. The maximum Gasteiger partial charge on any atom is 0.0949 e. The molecule has 0 N–H and O–H groups in total. The second-order valence-corrected chi connectivity index (χ2v) is 3.77. The molecule has 0 bridgehead atoms. The van der Waals surface area contributed by atoms with Crippen molar-refractivity contribution in [2.75, 3.05) is 26.2 Å². The van der Waals surface area contributed by atoms with Crippen LogP contribution >= 0.6 is 0 Å². The predicted octanol–water partition coefficient (Wildman–Crippen LogP) is 0.903. The molecule has 0 atom stereocenters. The average Bonchev–Trinajstić information content (AvgIpc) is 1.72. The summed E-state index contributed by atoms with van der Waals surface area (Å²) in [7, 11) is 0. The summed E-state index contributed by atoms with van der Waals surface area (Å²) in [5.74, 6) is 0. The first kappa shape index (κ1) is 6.62. The summed E-state index contributed by atoms with van der Waals surface area (Å²) in [4.78, 5) is 2.28. The Balaban J connectivity index is 1.72. The molecule has 1 radical (unpaired) electrons. The molecular weight excluding hydrogens is 126 g/mol. The quantitative estimate of drug-likeness (QED) is 0.559. The lowest BCUT2D eigenvalue weighted by molar-refractivity contribution is -0.0686. The predicted molar refractivity (Wildman–Crippen MR) is 38.3 cm³/mol. The van der Waals surface area contributed by atoms with Crippen molar-refractivity contribution in [3.63, 3.8) is 0 Å². The summed E-state index contributed by atoms with van der Waals surface area (Å²) in [6.45, 7) is 3.29. The highest BCUT2D eigenvalue weighted by molar-refractivity contribution is 4.99. The molecule has 0 aromatic heterocycles. The third kappa shape index (κ3) is 0.867. The van der Waals surface area contributed by atoms with Crippen LogP contribution in [0.3, 0.4) is 0 Å². The normalized spacial score (nSPS) is 29.7. The molecular formula is C8H14NO. The van der Waals surface area contributed by atoms with E-state index in [0.717, 1.165) is 6.54 Å². The molecule has 2 aliphatic rings. The molecule has 2 fully saturated rings. The number of hydrogen-bond donors (Lipinski definition) is 0. The third-order valence-electron chi connectivity index (χ3n) is 2.94. The molecule has 0 aromatic rings. The molecule has 2 heteroatoms. The SMILES string of the molecule is [O]CCN1CC2(CCC2)C1. The molecule has 1 heterocycles. The first-order valence-electron chi connectivity index (χ1n) is 4.15. The zero-order valence-electron chi connectivity index (χ0n) is 6.31. The van der Waals surface area contributed by atoms with Crippen LogP contribution in [0.4, 0.5) is 0 Å². The summed E-state index contributed by atoms with van der Waals surface area (Å²) < 4.78 is 0. The second kappa shape index (κ2) is 2.21. The van der Waals surface area contributed by atoms with Gasteiger partial charge in [-0.15, -0.1) is 0 Å². The smallest absolute Gasteiger partial charge is 0.0949 e. The van der Waals surface area contributed by atoms with Gasteiger partial charge in [-0.05, 0) is 18.3 Å². The molecule has 1 spiro atoms. The van der Waals surface area contributed by atoms with Crippen LogP contribution in [0.15, 0.2) is 0 Å². The van der Waals surface area contributed by atoms with Crippen LogP contribution in [0.5, 0.6) is 0 Å². The Morgan fingerprint density at radius 1 is 1.30 bits per heavy atom. The van der Waals surface area contributed by atoms with E-state index in [4.69, 9.17) is 0 Å². The number of rotatable bonds is 2. The van der Waals surface area contributed by atoms with Crippen LogP contribution in [0, 0.1) is 5.41 Å². The van der Waals surface area contributed by atoms with E-state index < -0.39 is 0 Å². The van der Waals surface area contributed by atoms with Gasteiger partial charge < -0.3 is 0 Å². The average molecular weight is 140 g/mol. The van der Waals surface area contributed by atoms with Crippen molar-refractivity contribution < 1.29 is 5.11 Å². The standard InChI is InChI=1S/C8H14NO/c10-5-4-9-6-8(7-9)2-1-3-8/h1-7H2. The summed E-state index contributed by atoms with van der Waals surface area (Å²) in [5.41, 5.74) is 0.704. The minimum absolute atomic E-state index is 0.0794. The van der Waals surface area contributed by atoms with E-state index in [1.54, 1.807) is 0 Å². The molecule has 0 aromatic carbocycles. The van der Waals surface area contributed by atoms with Gasteiger partial charge in [-0.1, -0.05) is 6.42 Å². The van der Waals surface area contributed by atoms with Gasteiger partial charge >= 0.3 is 0 Å². The van der Waals surface area contributed by atoms with E-state index in [9.17, 15) is 5.11 Å². The summed E-state index contributed by atoms with van der Waals surface area (Å²) in [6, 6.07) is 0. The fourth-order valence-electron chi connectivity index (χ4n) is 2.18. The fourth-order valence-corrected chi connectivity index (χ4v) is 2.18. The Morgan fingerprint density at radius 3 is 2.40 bits per heavy atom. The summed E-state index contributed by atoms with van der Waals surface area (Å²) >= 11 is 0. The van der Waals surface area contributed by atoms with Crippen molar-refractivity contribution >= 4 is 0 Å². The lowest BCUT2D eigenvalue weighted by Crippen LogP contribution is -2.59. The fraction of sp³-hybridized carbons (Fsp3) is 1.00. The molecule has 57 valence electrons. The molecule has 1 saturated carbocycles. The van der Waals surface area contributed by atoms with Crippen molar-refractivity contribution in [1.29, 1.82) is 0 Å². The molecule has 0 unspecified atom stereocenters. The van der Waals surface area contributed by atoms with Crippen molar-refractivity contribution in [2.45, 2.75) is 19.3 Å². The van der Waals surface area contributed by atoms with Gasteiger partial charge in [0, 0.05) is 19.6 Å². The number of likely N-dealkylation sites (tertiary alicyclic amines) is 1. The maximum absolute atomic E-state index is 10.2. The molecule has 1 aliphatic carbocycles. The molecule has 2 nitrogen and oxygen atoms in total. The minimum atomic E-state index is 0.0794.